The van der Waals surface area contributed by atoms with Gasteiger partial charge in [0.05, 0.1) is 18.9 Å². The van der Waals surface area contributed by atoms with Gasteiger partial charge in [-0.2, -0.15) is 0 Å². The quantitative estimate of drug-likeness (QED) is 0.517. The van der Waals surface area contributed by atoms with Crippen molar-refractivity contribution >= 4 is 23.6 Å². The van der Waals surface area contributed by atoms with Crippen LogP contribution in [-0.4, -0.2) is 52.4 Å². The Bertz CT molecular complexity index is 1170. The summed E-state index contributed by atoms with van der Waals surface area (Å²) in [5, 5.41) is 15.5. The number of ether oxygens (including phenoxy) is 1. The summed E-state index contributed by atoms with van der Waals surface area (Å²) >= 11 is 0. The van der Waals surface area contributed by atoms with Crippen LogP contribution in [0.5, 0.6) is 5.75 Å². The van der Waals surface area contributed by atoms with Gasteiger partial charge in [0.25, 0.3) is 5.91 Å². The fourth-order valence-corrected chi connectivity index (χ4v) is 5.28. The Hall–Kier alpha value is -3.62. The molecule has 192 valence electrons. The number of nitrogens with one attached hydrogen (secondary N) is 2. The van der Waals surface area contributed by atoms with E-state index in [1.54, 1.807) is 24.3 Å². The van der Waals surface area contributed by atoms with Crippen molar-refractivity contribution in [3.63, 3.8) is 0 Å². The van der Waals surface area contributed by atoms with E-state index in [4.69, 9.17) is 4.74 Å². The number of aromatic nitrogens is 1. The number of carboxylic acid groups (broad SMARTS) is 1. The smallest absolute Gasteiger partial charge is 0.308 e. The van der Waals surface area contributed by atoms with Crippen molar-refractivity contribution in [1.29, 1.82) is 0 Å². The van der Waals surface area contributed by atoms with Crippen LogP contribution in [0.1, 0.15) is 60.6 Å². The average Bonchev–Trinajstić information content (AvgIpc) is 3.21. The number of Topliss-reactive ketones (excluding diaryl/α,β-unsaturated/α-hetero) is 1. The van der Waals surface area contributed by atoms with Gasteiger partial charge in [0.15, 0.2) is 0 Å². The molecule has 4 rings (SSSR count). The molecule has 0 fully saturated rings. The zero-order chi connectivity index (χ0) is 26.0. The van der Waals surface area contributed by atoms with Gasteiger partial charge in [-0.3, -0.25) is 19.2 Å². The van der Waals surface area contributed by atoms with E-state index in [9.17, 15) is 24.3 Å². The second-order valence-electron chi connectivity index (χ2n) is 9.78. The van der Waals surface area contributed by atoms with Crippen LogP contribution in [0.2, 0.25) is 0 Å². The van der Waals surface area contributed by atoms with Gasteiger partial charge in [0.1, 0.15) is 17.6 Å². The molecule has 0 spiro atoms. The van der Waals surface area contributed by atoms with Gasteiger partial charge in [0.2, 0.25) is 5.91 Å². The molecule has 2 heterocycles. The minimum absolute atomic E-state index is 0.0745. The summed E-state index contributed by atoms with van der Waals surface area (Å²) < 4.78 is 7.06. The first-order valence-electron chi connectivity index (χ1n) is 12.4. The highest BCUT2D eigenvalue weighted by molar-refractivity contribution is 5.98. The van der Waals surface area contributed by atoms with Crippen LogP contribution < -0.4 is 15.4 Å². The van der Waals surface area contributed by atoms with Gasteiger partial charge in [-0.1, -0.05) is 26.3 Å². The summed E-state index contributed by atoms with van der Waals surface area (Å²) in [6.07, 6.45) is 3.67. The predicted molar refractivity (Wildman–Crippen MR) is 132 cm³/mol. The van der Waals surface area contributed by atoms with Crippen molar-refractivity contribution in [3.8, 4) is 5.75 Å². The third kappa shape index (κ3) is 5.01. The van der Waals surface area contributed by atoms with E-state index in [0.717, 1.165) is 11.3 Å². The molecule has 36 heavy (non-hydrogen) atoms. The van der Waals surface area contributed by atoms with Crippen LogP contribution in [0.4, 0.5) is 0 Å². The average molecular weight is 496 g/mol. The van der Waals surface area contributed by atoms with E-state index in [1.165, 1.54) is 7.11 Å². The molecule has 3 unspecified atom stereocenters. The Morgan fingerprint density at radius 1 is 1.25 bits per heavy atom. The van der Waals surface area contributed by atoms with Gasteiger partial charge in [0, 0.05) is 36.5 Å². The number of benzene rings is 1. The molecule has 3 N–H and O–H groups in total. The molecular formula is C27H33N3O6. The highest BCUT2D eigenvalue weighted by Crippen LogP contribution is 2.38. The topological polar surface area (TPSA) is 127 Å². The molecular weight excluding hydrogens is 462 g/mol. The lowest BCUT2D eigenvalue weighted by atomic mass is 9.79. The number of methoxy groups -OCH3 is 1. The maximum absolute atomic E-state index is 13.5. The summed E-state index contributed by atoms with van der Waals surface area (Å²) in [5.74, 6) is -2.92. The number of ketones is 1. The number of aryl methyl sites for hydroxylation is 1. The van der Waals surface area contributed by atoms with E-state index < -0.39 is 29.9 Å². The van der Waals surface area contributed by atoms with Crippen molar-refractivity contribution in [1.82, 2.24) is 15.2 Å². The number of hydrogen-bond acceptors (Lipinski definition) is 5. The molecule has 0 saturated carbocycles. The lowest BCUT2D eigenvalue weighted by Gasteiger charge is -2.34. The lowest BCUT2D eigenvalue weighted by Crippen LogP contribution is -2.55. The minimum atomic E-state index is -0.998. The molecule has 0 saturated heterocycles. The zero-order valence-electron chi connectivity index (χ0n) is 20.8. The highest BCUT2D eigenvalue weighted by atomic mass is 16.5. The highest BCUT2D eigenvalue weighted by Gasteiger charge is 2.43. The number of carbonyl (C=O) groups excluding carboxylic acids is 3. The summed E-state index contributed by atoms with van der Waals surface area (Å²) in [5.41, 5.74) is 2.21. The molecule has 1 aliphatic carbocycles. The summed E-state index contributed by atoms with van der Waals surface area (Å²) in [6.45, 7) is 4.08. The number of amides is 2. The van der Waals surface area contributed by atoms with Gasteiger partial charge in [-0.05, 0) is 48.6 Å². The Morgan fingerprint density at radius 3 is 2.72 bits per heavy atom. The van der Waals surface area contributed by atoms with Crippen molar-refractivity contribution in [2.45, 2.75) is 64.1 Å². The van der Waals surface area contributed by atoms with Gasteiger partial charge in [-0.25, -0.2) is 0 Å². The Balaban J connectivity index is 1.55. The van der Waals surface area contributed by atoms with Crippen LogP contribution in [0.15, 0.2) is 36.5 Å². The minimum Gasteiger partial charge on any atom is -0.497 e. The number of carboxylic acids is 1. The number of hydrogen-bond donors (Lipinski definition) is 3. The zero-order valence-corrected chi connectivity index (χ0v) is 20.8. The standard InChI is InChI=1S/C27H33N3O6/c1-4-15(2)23(29-25(32)17-6-5-7-19(12-17)36-3)26(33)28-20-9-8-16-10-11-30-14-18(27(34)35)13-21(31)22(20)24(16)30/h5-7,10-12,15,18,20,22-23H,4,8-9,13-14H2,1-3H3,(H,28,33)(H,29,32)(H,34,35)/t15?,18-,20-,22?,23?/m0/s1. The first kappa shape index (κ1) is 25.5. The molecule has 2 aromatic rings. The summed E-state index contributed by atoms with van der Waals surface area (Å²) in [6, 6.07) is 7.39. The lowest BCUT2D eigenvalue weighted by molar-refractivity contribution is -0.144. The Kier molecular flexibility index (Phi) is 7.47. The number of nitrogens with zero attached hydrogens (tertiary/aromatic N) is 1. The monoisotopic (exact) mass is 495 g/mol. The largest absolute Gasteiger partial charge is 0.497 e. The molecule has 5 atom stereocenters. The first-order chi connectivity index (χ1) is 17.2. The molecule has 2 aliphatic rings. The van der Waals surface area contributed by atoms with Gasteiger partial charge < -0.3 is 25.0 Å². The van der Waals surface area contributed by atoms with Crippen molar-refractivity contribution in [2.75, 3.05) is 7.11 Å². The van der Waals surface area contributed by atoms with Crippen LogP contribution >= 0.6 is 0 Å². The van der Waals surface area contributed by atoms with Crippen LogP contribution in [0, 0.1) is 11.8 Å². The molecule has 1 aromatic carbocycles. The van der Waals surface area contributed by atoms with Crippen molar-refractivity contribution in [2.24, 2.45) is 11.8 Å². The van der Waals surface area contributed by atoms with E-state index in [2.05, 4.69) is 10.6 Å². The third-order valence-electron chi connectivity index (χ3n) is 7.52. The fourth-order valence-electron chi connectivity index (χ4n) is 5.28. The molecule has 9 heteroatoms. The maximum atomic E-state index is 13.5. The summed E-state index contributed by atoms with van der Waals surface area (Å²) in [7, 11) is 1.52. The van der Waals surface area contributed by atoms with Crippen LogP contribution in [0.25, 0.3) is 0 Å². The molecule has 1 aliphatic heterocycles. The first-order valence-corrected chi connectivity index (χ1v) is 12.4. The third-order valence-corrected chi connectivity index (χ3v) is 7.52. The molecule has 9 nitrogen and oxygen atoms in total. The normalized spacial score (nSPS) is 22.5. The predicted octanol–water partition coefficient (Wildman–Crippen LogP) is 2.53. The van der Waals surface area contributed by atoms with E-state index >= 15 is 0 Å². The molecule has 0 bridgehead atoms. The number of rotatable bonds is 8. The van der Waals surface area contributed by atoms with Crippen molar-refractivity contribution in [3.05, 3.63) is 53.3 Å². The molecule has 1 aromatic heterocycles. The Labute approximate surface area is 210 Å². The fraction of sp³-hybridized carbons (Fsp3) is 0.481. The van der Waals surface area contributed by atoms with E-state index in [1.807, 2.05) is 30.7 Å². The second-order valence-corrected chi connectivity index (χ2v) is 9.78. The number of carbonyl (C=O) groups is 4. The molecule has 0 radical (unpaired) electrons. The maximum Gasteiger partial charge on any atom is 0.308 e. The van der Waals surface area contributed by atoms with Crippen LogP contribution in [0.3, 0.4) is 0 Å². The van der Waals surface area contributed by atoms with Gasteiger partial charge in [-0.15, -0.1) is 0 Å². The van der Waals surface area contributed by atoms with Crippen LogP contribution in [-0.2, 0) is 27.3 Å². The molecule has 2 amide bonds. The second kappa shape index (κ2) is 10.6. The van der Waals surface area contributed by atoms with Crippen molar-refractivity contribution < 1.29 is 29.0 Å². The SMILES string of the molecule is CCC(C)C(NC(=O)c1cccc(OC)c1)C(=O)N[C@H]1CCc2ccn3c2C1C(=O)C[C@H](C(=O)O)C3. The Morgan fingerprint density at radius 2 is 2.03 bits per heavy atom. The van der Waals surface area contributed by atoms with Gasteiger partial charge >= 0.3 is 5.97 Å². The number of aliphatic carboxylic acids is 1. The van der Waals surface area contributed by atoms with E-state index in [0.29, 0.717) is 30.6 Å². The van der Waals surface area contributed by atoms with E-state index in [-0.39, 0.29) is 36.5 Å². The summed E-state index contributed by atoms with van der Waals surface area (Å²) in [4.78, 5) is 51.5.